The van der Waals surface area contributed by atoms with E-state index < -0.39 is 6.10 Å². The first-order chi connectivity index (χ1) is 14.5. The van der Waals surface area contributed by atoms with Crippen LogP contribution in [0.3, 0.4) is 0 Å². The number of halogens is 1. The van der Waals surface area contributed by atoms with E-state index in [1.165, 1.54) is 0 Å². The molecule has 0 radical (unpaired) electrons. The molecule has 0 unspecified atom stereocenters. The molecule has 1 amide bonds. The van der Waals surface area contributed by atoms with E-state index in [1.807, 2.05) is 0 Å². The Morgan fingerprint density at radius 1 is 1.27 bits per heavy atom. The summed E-state index contributed by atoms with van der Waals surface area (Å²) in [6.45, 7) is 6.60. The Balaban J connectivity index is 1.36. The van der Waals surface area contributed by atoms with Crippen LogP contribution in [0.4, 0.5) is 0 Å². The second kappa shape index (κ2) is 9.37. The van der Waals surface area contributed by atoms with Gasteiger partial charge in [0.1, 0.15) is 11.3 Å². The summed E-state index contributed by atoms with van der Waals surface area (Å²) in [6, 6.07) is 3.38. The van der Waals surface area contributed by atoms with Gasteiger partial charge in [-0.25, -0.2) is 4.79 Å². The molecule has 2 heterocycles. The Labute approximate surface area is 180 Å². The normalized spacial score (nSPS) is 17.7. The lowest BCUT2D eigenvalue weighted by Crippen LogP contribution is -2.40. The van der Waals surface area contributed by atoms with Gasteiger partial charge in [-0.2, -0.15) is 0 Å². The molecule has 2 aromatic rings. The molecule has 30 heavy (non-hydrogen) atoms. The predicted octanol–water partition coefficient (Wildman–Crippen LogP) is 2.54. The molecule has 1 aliphatic heterocycles. The highest BCUT2D eigenvalue weighted by Gasteiger charge is 2.22. The van der Waals surface area contributed by atoms with Gasteiger partial charge in [-0.3, -0.25) is 9.69 Å². The van der Waals surface area contributed by atoms with Crippen LogP contribution in [0, 0.1) is 0 Å². The highest BCUT2D eigenvalue weighted by molar-refractivity contribution is 6.32. The van der Waals surface area contributed by atoms with E-state index in [-0.39, 0.29) is 11.5 Å². The number of nitrogens with zero attached hydrogens (tertiary/aromatic N) is 1. The summed E-state index contributed by atoms with van der Waals surface area (Å²) < 4.78 is 16.6. The first-order valence-corrected chi connectivity index (χ1v) is 10.9. The molecule has 0 saturated carbocycles. The van der Waals surface area contributed by atoms with Crippen molar-refractivity contribution in [3.63, 3.8) is 0 Å². The zero-order valence-corrected chi connectivity index (χ0v) is 17.9. The third kappa shape index (κ3) is 4.63. The smallest absolute Gasteiger partial charge is 0.339 e. The third-order valence-corrected chi connectivity index (χ3v) is 6.05. The van der Waals surface area contributed by atoms with Gasteiger partial charge >= 0.3 is 5.63 Å². The lowest BCUT2D eigenvalue weighted by molar-refractivity contribution is -0.127. The van der Waals surface area contributed by atoms with Gasteiger partial charge in [0, 0.05) is 36.7 Å². The molecule has 1 atom stereocenters. The first-order valence-electron chi connectivity index (χ1n) is 10.6. The van der Waals surface area contributed by atoms with Crippen LogP contribution in [0.15, 0.2) is 21.3 Å². The number of fused-ring (bicyclic) bond motifs is 3. The molecular weight excluding hydrogens is 408 g/mol. The summed E-state index contributed by atoms with van der Waals surface area (Å²) in [5.74, 6) is 0.129. The minimum Gasteiger partial charge on any atom is -0.479 e. The van der Waals surface area contributed by atoms with Crippen molar-refractivity contribution in [2.45, 2.75) is 38.7 Å². The largest absolute Gasteiger partial charge is 0.479 e. The zero-order valence-electron chi connectivity index (χ0n) is 17.2. The summed E-state index contributed by atoms with van der Waals surface area (Å²) in [5, 5.41) is 4.15. The molecule has 8 heteroatoms. The average Bonchev–Trinajstić information content (AvgIpc) is 3.24. The summed E-state index contributed by atoms with van der Waals surface area (Å²) in [7, 11) is 0. The number of nitrogens with one attached hydrogen (secondary N) is 1. The van der Waals surface area contributed by atoms with E-state index in [2.05, 4.69) is 10.2 Å². The van der Waals surface area contributed by atoms with Crippen molar-refractivity contribution in [3.05, 3.63) is 38.7 Å². The van der Waals surface area contributed by atoms with Crippen LogP contribution in [0.25, 0.3) is 11.0 Å². The van der Waals surface area contributed by atoms with E-state index >= 15 is 0 Å². The minimum absolute atomic E-state index is 0.205. The predicted molar refractivity (Wildman–Crippen MR) is 114 cm³/mol. The number of hydrogen-bond acceptors (Lipinski definition) is 6. The molecular formula is C22H27ClN2O5. The van der Waals surface area contributed by atoms with Gasteiger partial charge in [0.25, 0.3) is 5.91 Å². The summed E-state index contributed by atoms with van der Waals surface area (Å²) >= 11 is 6.41. The molecule has 1 fully saturated rings. The molecule has 1 aromatic carbocycles. The lowest BCUT2D eigenvalue weighted by Gasteiger charge is -2.26. The van der Waals surface area contributed by atoms with Gasteiger partial charge in [0.05, 0.1) is 18.2 Å². The fourth-order valence-corrected chi connectivity index (χ4v) is 4.31. The number of rotatable bonds is 7. The van der Waals surface area contributed by atoms with Crippen molar-refractivity contribution in [3.8, 4) is 5.75 Å². The SMILES string of the molecule is C[C@H](Oc1cc2oc(=O)c3c(c2cc1Cl)CCC3)C(=O)NCCCN1CCOCC1. The number of morpholine rings is 1. The zero-order chi connectivity index (χ0) is 21.1. The molecule has 1 N–H and O–H groups in total. The van der Waals surface area contributed by atoms with Crippen LogP contribution >= 0.6 is 11.6 Å². The van der Waals surface area contributed by atoms with Gasteiger partial charge < -0.3 is 19.2 Å². The van der Waals surface area contributed by atoms with Crippen LogP contribution in [0.5, 0.6) is 5.75 Å². The molecule has 1 aliphatic carbocycles. The van der Waals surface area contributed by atoms with E-state index in [1.54, 1.807) is 19.1 Å². The summed E-state index contributed by atoms with van der Waals surface area (Å²) in [5.41, 5.74) is 1.91. The Kier molecular flexibility index (Phi) is 6.61. The fourth-order valence-electron chi connectivity index (χ4n) is 4.10. The number of hydrogen-bond donors (Lipinski definition) is 1. The molecule has 0 spiro atoms. The molecule has 7 nitrogen and oxygen atoms in total. The molecule has 2 aliphatic rings. The number of carbonyl (C=O) groups is 1. The van der Waals surface area contributed by atoms with Crippen molar-refractivity contribution >= 4 is 28.5 Å². The Hall–Kier alpha value is -2.09. The van der Waals surface area contributed by atoms with Crippen LogP contribution in [0.2, 0.25) is 5.02 Å². The Morgan fingerprint density at radius 3 is 2.83 bits per heavy atom. The number of aryl methyl sites for hydroxylation is 1. The van der Waals surface area contributed by atoms with Crippen molar-refractivity contribution in [1.82, 2.24) is 10.2 Å². The monoisotopic (exact) mass is 434 g/mol. The Bertz CT molecular complexity index is 984. The van der Waals surface area contributed by atoms with Gasteiger partial charge in [-0.05, 0) is 50.8 Å². The van der Waals surface area contributed by atoms with E-state index in [0.29, 0.717) is 22.9 Å². The molecule has 1 saturated heterocycles. The van der Waals surface area contributed by atoms with Crippen LogP contribution in [-0.2, 0) is 22.4 Å². The summed E-state index contributed by atoms with van der Waals surface area (Å²) in [4.78, 5) is 26.9. The summed E-state index contributed by atoms with van der Waals surface area (Å²) in [6.07, 6.45) is 2.68. The number of benzene rings is 1. The lowest BCUT2D eigenvalue weighted by atomic mass is 10.1. The number of carbonyl (C=O) groups excluding carboxylic acids is 1. The fraction of sp³-hybridized carbons (Fsp3) is 0.545. The van der Waals surface area contributed by atoms with Crippen molar-refractivity contribution in [1.29, 1.82) is 0 Å². The molecule has 1 aromatic heterocycles. The maximum Gasteiger partial charge on any atom is 0.339 e. The quantitative estimate of drug-likeness (QED) is 0.532. The topological polar surface area (TPSA) is 81.0 Å². The van der Waals surface area contributed by atoms with Crippen molar-refractivity contribution in [2.24, 2.45) is 0 Å². The second-order valence-corrected chi connectivity index (χ2v) is 8.24. The second-order valence-electron chi connectivity index (χ2n) is 7.84. The minimum atomic E-state index is -0.718. The standard InChI is InChI=1S/C22H27ClN2O5/c1-14(21(26)24-6-3-7-25-8-10-28-11-9-25)29-20-13-19-17(12-18(20)23)15-4-2-5-16(15)22(27)30-19/h12-14H,2-11H2,1H3,(H,24,26)/t14-/m0/s1. The molecule has 4 rings (SSSR count). The first kappa shape index (κ1) is 21.2. The highest BCUT2D eigenvalue weighted by Crippen LogP contribution is 2.35. The maximum absolute atomic E-state index is 12.4. The van der Waals surface area contributed by atoms with Crippen LogP contribution in [-0.4, -0.2) is 56.3 Å². The van der Waals surface area contributed by atoms with E-state index in [9.17, 15) is 9.59 Å². The Morgan fingerprint density at radius 2 is 2.03 bits per heavy atom. The molecule has 162 valence electrons. The highest BCUT2D eigenvalue weighted by atomic mass is 35.5. The third-order valence-electron chi connectivity index (χ3n) is 5.75. The van der Waals surface area contributed by atoms with E-state index in [4.69, 9.17) is 25.5 Å². The van der Waals surface area contributed by atoms with Gasteiger partial charge in [0.2, 0.25) is 0 Å². The maximum atomic E-state index is 12.4. The molecule has 0 bridgehead atoms. The van der Waals surface area contributed by atoms with Crippen molar-refractivity contribution in [2.75, 3.05) is 39.4 Å². The van der Waals surface area contributed by atoms with E-state index in [0.717, 1.165) is 75.0 Å². The number of amides is 1. The van der Waals surface area contributed by atoms with Gasteiger partial charge in [-0.15, -0.1) is 0 Å². The van der Waals surface area contributed by atoms with Crippen LogP contribution in [0.1, 0.15) is 30.9 Å². The average molecular weight is 435 g/mol. The van der Waals surface area contributed by atoms with Gasteiger partial charge in [0.15, 0.2) is 6.10 Å². The van der Waals surface area contributed by atoms with Gasteiger partial charge in [-0.1, -0.05) is 11.6 Å². The van der Waals surface area contributed by atoms with Crippen molar-refractivity contribution < 1.29 is 18.7 Å². The van der Waals surface area contributed by atoms with Crippen LogP contribution < -0.4 is 15.7 Å². The number of ether oxygens (including phenoxy) is 2.